The molecule has 1 atom stereocenters. The standard InChI is InChI=1S/C22H23NO6/c1-27-13-12-23-19(14-4-8-16(28-2)9-5-14)18(21(25)22(23)26)20(24)15-6-10-17(29-3)11-7-15/h4-11,19,24H,12-13H2,1-3H3/b20-18+. The Labute approximate surface area is 169 Å². The molecule has 29 heavy (non-hydrogen) atoms. The SMILES string of the molecule is COCCN1C(=O)C(=O)/C(=C(/O)c2ccc(OC)cc2)C1c1ccc(OC)cc1. The first kappa shape index (κ1) is 20.4. The van der Waals surface area contributed by atoms with Crippen LogP contribution < -0.4 is 9.47 Å². The average Bonchev–Trinajstić information content (AvgIpc) is 3.02. The predicted octanol–water partition coefficient (Wildman–Crippen LogP) is 2.77. The van der Waals surface area contributed by atoms with Crippen LogP contribution in [-0.2, 0) is 14.3 Å². The molecule has 152 valence electrons. The van der Waals surface area contributed by atoms with Crippen LogP contribution in [0, 0.1) is 0 Å². The van der Waals surface area contributed by atoms with Crippen LogP contribution in [0.1, 0.15) is 17.2 Å². The van der Waals surface area contributed by atoms with Gasteiger partial charge in [0.25, 0.3) is 11.7 Å². The number of aliphatic hydroxyl groups is 1. The van der Waals surface area contributed by atoms with Gasteiger partial charge in [-0.05, 0) is 42.0 Å². The zero-order chi connectivity index (χ0) is 21.0. The number of aliphatic hydroxyl groups excluding tert-OH is 1. The van der Waals surface area contributed by atoms with Crippen LogP contribution in [0.4, 0.5) is 0 Å². The van der Waals surface area contributed by atoms with Gasteiger partial charge in [-0.15, -0.1) is 0 Å². The van der Waals surface area contributed by atoms with Crippen molar-refractivity contribution in [2.75, 3.05) is 34.5 Å². The summed E-state index contributed by atoms with van der Waals surface area (Å²) in [6.45, 7) is 0.486. The molecular weight excluding hydrogens is 374 g/mol. The monoisotopic (exact) mass is 397 g/mol. The van der Waals surface area contributed by atoms with Gasteiger partial charge in [0.1, 0.15) is 17.3 Å². The summed E-state index contributed by atoms with van der Waals surface area (Å²) in [5.74, 6) is -0.355. The van der Waals surface area contributed by atoms with Gasteiger partial charge in [-0.3, -0.25) is 9.59 Å². The number of methoxy groups -OCH3 is 3. The van der Waals surface area contributed by atoms with Crippen LogP contribution >= 0.6 is 0 Å². The molecule has 0 radical (unpaired) electrons. The van der Waals surface area contributed by atoms with Gasteiger partial charge >= 0.3 is 0 Å². The van der Waals surface area contributed by atoms with Crippen molar-refractivity contribution in [3.8, 4) is 11.5 Å². The molecule has 1 amide bonds. The van der Waals surface area contributed by atoms with Crippen LogP contribution in [0.15, 0.2) is 54.1 Å². The number of rotatable bonds is 7. The van der Waals surface area contributed by atoms with E-state index >= 15 is 0 Å². The zero-order valence-corrected chi connectivity index (χ0v) is 16.5. The first-order chi connectivity index (χ1) is 14.0. The Bertz CT molecular complexity index is 917. The normalized spacial score (nSPS) is 18.2. The predicted molar refractivity (Wildman–Crippen MR) is 107 cm³/mol. The molecule has 0 bridgehead atoms. The lowest BCUT2D eigenvalue weighted by Gasteiger charge is -2.25. The third-order valence-corrected chi connectivity index (χ3v) is 4.87. The molecule has 7 heteroatoms. The fourth-order valence-corrected chi connectivity index (χ4v) is 3.34. The first-order valence-corrected chi connectivity index (χ1v) is 9.07. The summed E-state index contributed by atoms with van der Waals surface area (Å²) in [4.78, 5) is 26.9. The van der Waals surface area contributed by atoms with Crippen molar-refractivity contribution in [3.63, 3.8) is 0 Å². The van der Waals surface area contributed by atoms with E-state index in [2.05, 4.69) is 0 Å². The molecule has 1 heterocycles. The molecule has 3 rings (SSSR count). The number of benzene rings is 2. The molecule has 1 fully saturated rings. The molecule has 1 saturated heterocycles. The fourth-order valence-electron chi connectivity index (χ4n) is 3.34. The molecule has 0 saturated carbocycles. The van der Waals surface area contributed by atoms with E-state index in [0.29, 0.717) is 22.6 Å². The van der Waals surface area contributed by atoms with Gasteiger partial charge in [0.05, 0.1) is 32.4 Å². The molecule has 0 aliphatic carbocycles. The molecule has 0 aromatic heterocycles. The van der Waals surface area contributed by atoms with E-state index in [1.54, 1.807) is 62.8 Å². The second-order valence-corrected chi connectivity index (χ2v) is 6.49. The largest absolute Gasteiger partial charge is 0.507 e. The first-order valence-electron chi connectivity index (χ1n) is 9.07. The van der Waals surface area contributed by atoms with Crippen molar-refractivity contribution in [1.29, 1.82) is 0 Å². The van der Waals surface area contributed by atoms with E-state index in [9.17, 15) is 14.7 Å². The maximum Gasteiger partial charge on any atom is 0.295 e. The Morgan fingerprint density at radius 1 is 0.931 bits per heavy atom. The van der Waals surface area contributed by atoms with Gasteiger partial charge in [0.15, 0.2) is 0 Å². The van der Waals surface area contributed by atoms with Crippen molar-refractivity contribution in [3.05, 3.63) is 65.2 Å². The van der Waals surface area contributed by atoms with Crippen molar-refractivity contribution >= 4 is 17.4 Å². The van der Waals surface area contributed by atoms with Crippen LogP contribution in [0.3, 0.4) is 0 Å². The molecule has 7 nitrogen and oxygen atoms in total. The third-order valence-electron chi connectivity index (χ3n) is 4.87. The van der Waals surface area contributed by atoms with Crippen LogP contribution in [0.2, 0.25) is 0 Å². The number of ketones is 1. The topological polar surface area (TPSA) is 85.3 Å². The minimum atomic E-state index is -0.727. The van der Waals surface area contributed by atoms with E-state index in [1.807, 2.05) is 0 Å². The van der Waals surface area contributed by atoms with Gasteiger partial charge in [-0.2, -0.15) is 0 Å². The second kappa shape index (κ2) is 8.79. The smallest absolute Gasteiger partial charge is 0.295 e. The summed E-state index contributed by atoms with van der Waals surface area (Å²) < 4.78 is 15.4. The number of carbonyl (C=O) groups excluding carboxylic acids is 2. The number of amides is 1. The number of hydrogen-bond donors (Lipinski definition) is 1. The van der Waals surface area contributed by atoms with E-state index in [4.69, 9.17) is 14.2 Å². The van der Waals surface area contributed by atoms with Crippen molar-refractivity contribution in [2.24, 2.45) is 0 Å². The Kier molecular flexibility index (Phi) is 6.19. The summed E-state index contributed by atoms with van der Waals surface area (Å²) in [5, 5.41) is 10.9. The van der Waals surface area contributed by atoms with Gasteiger partial charge in [0.2, 0.25) is 0 Å². The van der Waals surface area contributed by atoms with Crippen molar-refractivity contribution in [2.45, 2.75) is 6.04 Å². The van der Waals surface area contributed by atoms with Gasteiger partial charge < -0.3 is 24.2 Å². The third kappa shape index (κ3) is 3.95. The summed E-state index contributed by atoms with van der Waals surface area (Å²) in [7, 11) is 4.62. The molecule has 2 aromatic rings. The average molecular weight is 397 g/mol. The molecule has 2 aromatic carbocycles. The lowest BCUT2D eigenvalue weighted by molar-refractivity contribution is -0.140. The summed E-state index contributed by atoms with van der Waals surface area (Å²) >= 11 is 0. The second-order valence-electron chi connectivity index (χ2n) is 6.49. The Morgan fingerprint density at radius 3 is 2.00 bits per heavy atom. The lowest BCUT2D eigenvalue weighted by Crippen LogP contribution is -2.32. The number of ether oxygens (including phenoxy) is 3. The highest BCUT2D eigenvalue weighted by Gasteiger charge is 2.45. The van der Waals surface area contributed by atoms with Gasteiger partial charge in [0, 0.05) is 19.2 Å². The number of carbonyl (C=O) groups is 2. The number of hydrogen-bond acceptors (Lipinski definition) is 6. The molecule has 1 N–H and O–H groups in total. The Hall–Kier alpha value is -3.32. The van der Waals surface area contributed by atoms with Crippen LogP contribution in [0.25, 0.3) is 5.76 Å². The molecule has 1 aliphatic rings. The highest BCUT2D eigenvalue weighted by molar-refractivity contribution is 6.46. The van der Waals surface area contributed by atoms with Crippen molar-refractivity contribution < 1.29 is 28.9 Å². The summed E-state index contributed by atoms with van der Waals surface area (Å²) in [6, 6.07) is 13.0. The van der Waals surface area contributed by atoms with E-state index in [-0.39, 0.29) is 24.5 Å². The zero-order valence-electron chi connectivity index (χ0n) is 16.5. The van der Waals surface area contributed by atoms with E-state index in [0.717, 1.165) is 0 Å². The molecular formula is C22H23NO6. The van der Waals surface area contributed by atoms with Crippen LogP contribution in [-0.4, -0.2) is 56.2 Å². The maximum absolute atomic E-state index is 12.8. The minimum Gasteiger partial charge on any atom is -0.507 e. The van der Waals surface area contributed by atoms with Gasteiger partial charge in [-0.1, -0.05) is 12.1 Å². The highest BCUT2D eigenvalue weighted by atomic mass is 16.5. The van der Waals surface area contributed by atoms with Crippen LogP contribution in [0.5, 0.6) is 11.5 Å². The van der Waals surface area contributed by atoms with E-state index in [1.165, 1.54) is 12.0 Å². The summed E-state index contributed by atoms with van der Waals surface area (Å²) in [5.41, 5.74) is 1.16. The quantitative estimate of drug-likeness (QED) is 0.439. The van der Waals surface area contributed by atoms with Crippen molar-refractivity contribution in [1.82, 2.24) is 4.90 Å². The summed E-state index contributed by atoms with van der Waals surface area (Å²) in [6.07, 6.45) is 0. The number of nitrogens with zero attached hydrogens (tertiary/aromatic N) is 1. The Balaban J connectivity index is 2.11. The highest BCUT2D eigenvalue weighted by Crippen LogP contribution is 2.39. The number of likely N-dealkylation sites (tertiary alicyclic amines) is 1. The van der Waals surface area contributed by atoms with Gasteiger partial charge in [-0.25, -0.2) is 0 Å². The lowest BCUT2D eigenvalue weighted by atomic mass is 9.95. The minimum absolute atomic E-state index is 0.0430. The molecule has 1 unspecified atom stereocenters. The molecule has 0 spiro atoms. The maximum atomic E-state index is 12.8. The fraction of sp³-hybridized carbons (Fsp3) is 0.273. The molecule has 1 aliphatic heterocycles. The van der Waals surface area contributed by atoms with E-state index < -0.39 is 17.7 Å². The number of Topliss-reactive ketones (excluding diaryl/α,β-unsaturated/α-hetero) is 1. The Morgan fingerprint density at radius 2 is 1.48 bits per heavy atom.